The zero-order valence-electron chi connectivity index (χ0n) is 15.0. The molecule has 2 fully saturated rings. The van der Waals surface area contributed by atoms with Crippen LogP contribution in [0.3, 0.4) is 0 Å². The molecule has 3 rings (SSSR count). The van der Waals surface area contributed by atoms with Gasteiger partial charge in [-0.1, -0.05) is 30.3 Å². The summed E-state index contributed by atoms with van der Waals surface area (Å²) in [5.41, 5.74) is 1.08. The van der Waals surface area contributed by atoms with Crippen molar-refractivity contribution < 1.29 is 14.6 Å². The zero-order valence-corrected chi connectivity index (χ0v) is 15.0. The van der Waals surface area contributed by atoms with Gasteiger partial charge < -0.3 is 19.6 Å². The first-order valence-electron chi connectivity index (χ1n) is 9.47. The van der Waals surface area contributed by atoms with Gasteiger partial charge in [0.15, 0.2) is 0 Å². The number of carbonyl (C=O) groups is 1. The Morgan fingerprint density at radius 3 is 2.56 bits per heavy atom. The summed E-state index contributed by atoms with van der Waals surface area (Å²) < 4.78 is 5.61. The smallest absolute Gasteiger partial charge is 0.248 e. The van der Waals surface area contributed by atoms with Crippen molar-refractivity contribution in [1.82, 2.24) is 9.80 Å². The van der Waals surface area contributed by atoms with Crippen LogP contribution in [0.5, 0.6) is 0 Å². The van der Waals surface area contributed by atoms with Crippen LogP contribution >= 0.6 is 0 Å². The van der Waals surface area contributed by atoms with E-state index in [0.717, 1.165) is 25.1 Å². The molecule has 2 atom stereocenters. The monoisotopic (exact) mass is 346 g/mol. The molecule has 0 saturated carbocycles. The number of rotatable bonds is 7. The molecule has 5 heteroatoms. The number of aliphatic hydroxyl groups excluding tert-OH is 1. The normalized spacial score (nSPS) is 24.6. The molecule has 0 spiro atoms. The summed E-state index contributed by atoms with van der Waals surface area (Å²) in [6, 6.07) is 9.91. The number of amides is 1. The number of piperidine rings is 1. The van der Waals surface area contributed by atoms with Crippen molar-refractivity contribution >= 4 is 5.91 Å². The summed E-state index contributed by atoms with van der Waals surface area (Å²) in [7, 11) is 0. The predicted molar refractivity (Wildman–Crippen MR) is 97.0 cm³/mol. The fourth-order valence-electron chi connectivity index (χ4n) is 4.04. The summed E-state index contributed by atoms with van der Waals surface area (Å²) in [5.74, 6) is 0.696. The minimum absolute atomic E-state index is 0.0421. The third-order valence-corrected chi connectivity index (χ3v) is 5.29. The molecule has 0 aromatic heterocycles. The maximum Gasteiger partial charge on any atom is 0.248 e. The quantitative estimate of drug-likeness (QED) is 0.817. The molecule has 0 radical (unpaired) electrons. The average molecular weight is 346 g/mol. The number of ether oxygens (including phenoxy) is 1. The molecule has 2 aliphatic rings. The minimum atomic E-state index is 0.0421. The standard InChI is InChI=1S/C20H30N2O3/c23-14-19-10-18(11-21-8-4-5-9-21)12-22(13-19)20(24)16-25-15-17-6-2-1-3-7-17/h1-3,6-7,18-19,23H,4-5,8-16H2/t18-,19+/m1/s1. The van der Waals surface area contributed by atoms with Gasteiger partial charge in [-0.2, -0.15) is 0 Å². The Morgan fingerprint density at radius 2 is 1.84 bits per heavy atom. The van der Waals surface area contributed by atoms with Gasteiger partial charge in [0.05, 0.1) is 6.61 Å². The molecule has 5 nitrogen and oxygen atoms in total. The molecular weight excluding hydrogens is 316 g/mol. The van der Waals surface area contributed by atoms with E-state index in [9.17, 15) is 9.90 Å². The van der Waals surface area contributed by atoms with Crippen molar-refractivity contribution in [2.24, 2.45) is 11.8 Å². The second-order valence-electron chi connectivity index (χ2n) is 7.44. The van der Waals surface area contributed by atoms with Crippen molar-refractivity contribution in [2.45, 2.75) is 25.9 Å². The summed E-state index contributed by atoms with van der Waals surface area (Å²) in [6.45, 7) is 5.57. The van der Waals surface area contributed by atoms with Crippen LogP contribution in [0.15, 0.2) is 30.3 Å². The maximum atomic E-state index is 12.5. The van der Waals surface area contributed by atoms with Crippen LogP contribution in [0.4, 0.5) is 0 Å². The molecule has 2 heterocycles. The van der Waals surface area contributed by atoms with Crippen LogP contribution in [0.1, 0.15) is 24.8 Å². The third kappa shape index (κ3) is 5.53. The highest BCUT2D eigenvalue weighted by Crippen LogP contribution is 2.24. The number of carbonyl (C=O) groups excluding carboxylic acids is 1. The van der Waals surface area contributed by atoms with Crippen molar-refractivity contribution in [3.8, 4) is 0 Å². The number of hydrogen-bond donors (Lipinski definition) is 1. The maximum absolute atomic E-state index is 12.5. The van der Waals surface area contributed by atoms with E-state index in [1.807, 2.05) is 35.2 Å². The van der Waals surface area contributed by atoms with Crippen molar-refractivity contribution in [3.05, 3.63) is 35.9 Å². The molecule has 0 bridgehead atoms. The number of hydrogen-bond acceptors (Lipinski definition) is 4. The van der Waals surface area contributed by atoms with Crippen LogP contribution in [0.2, 0.25) is 0 Å². The lowest BCUT2D eigenvalue weighted by Crippen LogP contribution is -2.48. The van der Waals surface area contributed by atoms with Gasteiger partial charge >= 0.3 is 0 Å². The van der Waals surface area contributed by atoms with Gasteiger partial charge in [-0.05, 0) is 49.8 Å². The van der Waals surface area contributed by atoms with Crippen LogP contribution in [-0.2, 0) is 16.1 Å². The molecule has 2 aliphatic heterocycles. The molecular formula is C20H30N2O3. The Labute approximate surface area is 150 Å². The third-order valence-electron chi connectivity index (χ3n) is 5.29. The van der Waals surface area contributed by atoms with Crippen LogP contribution < -0.4 is 0 Å². The summed E-state index contributed by atoms with van der Waals surface area (Å²) in [6.07, 6.45) is 3.58. The molecule has 1 aromatic rings. The number of aliphatic hydroxyl groups is 1. The first-order valence-corrected chi connectivity index (χ1v) is 9.47. The van der Waals surface area contributed by atoms with E-state index in [0.29, 0.717) is 19.1 Å². The Kier molecular flexibility index (Phi) is 6.84. The molecule has 1 amide bonds. The number of benzene rings is 1. The van der Waals surface area contributed by atoms with Crippen LogP contribution in [0.25, 0.3) is 0 Å². The summed E-state index contributed by atoms with van der Waals surface area (Å²) >= 11 is 0. The van der Waals surface area contributed by atoms with Gasteiger partial charge in [0, 0.05) is 26.2 Å². The topological polar surface area (TPSA) is 53.0 Å². The predicted octanol–water partition coefficient (Wildman–Crippen LogP) is 1.76. The van der Waals surface area contributed by atoms with Crippen molar-refractivity contribution in [3.63, 3.8) is 0 Å². The first kappa shape index (κ1) is 18.4. The molecule has 2 saturated heterocycles. The Hall–Kier alpha value is -1.43. The van der Waals surface area contributed by atoms with Crippen LogP contribution in [-0.4, -0.2) is 66.8 Å². The van der Waals surface area contributed by atoms with E-state index in [1.54, 1.807) is 0 Å². The van der Waals surface area contributed by atoms with E-state index >= 15 is 0 Å². The zero-order chi connectivity index (χ0) is 17.5. The lowest BCUT2D eigenvalue weighted by atomic mass is 9.89. The van der Waals surface area contributed by atoms with Gasteiger partial charge in [-0.3, -0.25) is 4.79 Å². The Balaban J connectivity index is 1.47. The van der Waals surface area contributed by atoms with Gasteiger partial charge in [0.2, 0.25) is 5.91 Å². The molecule has 138 valence electrons. The minimum Gasteiger partial charge on any atom is -0.396 e. The molecule has 1 N–H and O–H groups in total. The van der Waals surface area contributed by atoms with Crippen LogP contribution in [0, 0.1) is 11.8 Å². The van der Waals surface area contributed by atoms with E-state index in [1.165, 1.54) is 25.9 Å². The second-order valence-corrected chi connectivity index (χ2v) is 7.44. The van der Waals surface area contributed by atoms with Gasteiger partial charge in [0.25, 0.3) is 0 Å². The van der Waals surface area contributed by atoms with Crippen molar-refractivity contribution in [2.75, 3.05) is 45.9 Å². The lowest BCUT2D eigenvalue weighted by molar-refractivity contribution is -0.140. The van der Waals surface area contributed by atoms with E-state index in [-0.39, 0.29) is 25.0 Å². The second kappa shape index (κ2) is 9.32. The number of likely N-dealkylation sites (tertiary alicyclic amines) is 2. The Bertz CT molecular complexity index is 531. The highest BCUT2D eigenvalue weighted by molar-refractivity contribution is 5.77. The van der Waals surface area contributed by atoms with Gasteiger partial charge in [-0.15, -0.1) is 0 Å². The summed E-state index contributed by atoms with van der Waals surface area (Å²) in [4.78, 5) is 16.9. The highest BCUT2D eigenvalue weighted by Gasteiger charge is 2.31. The van der Waals surface area contributed by atoms with Gasteiger partial charge in [0.1, 0.15) is 6.61 Å². The van der Waals surface area contributed by atoms with E-state index < -0.39 is 0 Å². The molecule has 0 unspecified atom stereocenters. The molecule has 25 heavy (non-hydrogen) atoms. The lowest BCUT2D eigenvalue weighted by Gasteiger charge is -2.38. The highest BCUT2D eigenvalue weighted by atomic mass is 16.5. The van der Waals surface area contributed by atoms with E-state index in [2.05, 4.69) is 4.90 Å². The molecule has 0 aliphatic carbocycles. The van der Waals surface area contributed by atoms with Gasteiger partial charge in [-0.25, -0.2) is 0 Å². The average Bonchev–Trinajstić information content (AvgIpc) is 3.15. The van der Waals surface area contributed by atoms with Crippen molar-refractivity contribution in [1.29, 1.82) is 0 Å². The number of nitrogens with zero attached hydrogens (tertiary/aromatic N) is 2. The SMILES string of the molecule is O=C(COCc1ccccc1)N1C[C@@H](CN2CCCC2)C[C@H](CO)C1. The first-order chi connectivity index (χ1) is 12.2. The fraction of sp³-hybridized carbons (Fsp3) is 0.650. The fourth-order valence-corrected chi connectivity index (χ4v) is 4.04. The Morgan fingerprint density at radius 1 is 1.12 bits per heavy atom. The van der Waals surface area contributed by atoms with E-state index in [4.69, 9.17) is 4.74 Å². The largest absolute Gasteiger partial charge is 0.396 e. The summed E-state index contributed by atoms with van der Waals surface area (Å²) in [5, 5.41) is 9.61. The molecule has 1 aromatic carbocycles.